The van der Waals surface area contributed by atoms with Crippen molar-refractivity contribution in [1.29, 1.82) is 0 Å². The van der Waals surface area contributed by atoms with Crippen molar-refractivity contribution in [2.24, 2.45) is 0 Å². The SMILES string of the molecule is Cc1cncc(N(NC(=O)O)C(=O)O)c1. The summed E-state index contributed by atoms with van der Waals surface area (Å²) in [6, 6.07) is 1.50. The van der Waals surface area contributed by atoms with Gasteiger partial charge in [0.1, 0.15) is 0 Å². The van der Waals surface area contributed by atoms with Crippen LogP contribution < -0.4 is 10.4 Å². The lowest BCUT2D eigenvalue weighted by Gasteiger charge is -2.17. The fraction of sp³-hybridized carbons (Fsp3) is 0.125. The number of hydrazine groups is 1. The number of carboxylic acid groups (broad SMARTS) is 2. The molecule has 0 saturated carbocycles. The molecule has 80 valence electrons. The van der Waals surface area contributed by atoms with Gasteiger partial charge < -0.3 is 10.2 Å². The maximum atomic E-state index is 10.7. The first kappa shape index (κ1) is 10.8. The summed E-state index contributed by atoms with van der Waals surface area (Å²) < 4.78 is 0. The van der Waals surface area contributed by atoms with Crippen LogP contribution in [0.15, 0.2) is 18.5 Å². The van der Waals surface area contributed by atoms with Crippen LogP contribution in [-0.4, -0.2) is 27.4 Å². The molecule has 1 heterocycles. The molecule has 0 radical (unpaired) electrons. The van der Waals surface area contributed by atoms with Crippen molar-refractivity contribution >= 4 is 17.9 Å². The van der Waals surface area contributed by atoms with Crippen LogP contribution in [0, 0.1) is 6.92 Å². The Morgan fingerprint density at radius 2 is 2.07 bits per heavy atom. The maximum Gasteiger partial charge on any atom is 0.431 e. The number of carbonyl (C=O) groups is 2. The first-order chi connectivity index (χ1) is 7.00. The van der Waals surface area contributed by atoms with Gasteiger partial charge in [0.25, 0.3) is 0 Å². The number of hydrogen-bond acceptors (Lipinski definition) is 3. The number of pyridine rings is 1. The summed E-state index contributed by atoms with van der Waals surface area (Å²) in [4.78, 5) is 24.8. The van der Waals surface area contributed by atoms with E-state index in [2.05, 4.69) is 4.98 Å². The van der Waals surface area contributed by atoms with Crippen LogP contribution in [0.5, 0.6) is 0 Å². The van der Waals surface area contributed by atoms with Gasteiger partial charge in [0.2, 0.25) is 0 Å². The zero-order valence-electron chi connectivity index (χ0n) is 7.84. The topological polar surface area (TPSA) is 103 Å². The van der Waals surface area contributed by atoms with E-state index in [1.165, 1.54) is 18.5 Å². The zero-order chi connectivity index (χ0) is 11.4. The van der Waals surface area contributed by atoms with E-state index in [0.29, 0.717) is 5.01 Å². The molecule has 0 bridgehead atoms. The Labute approximate surface area is 84.9 Å². The number of anilines is 1. The highest BCUT2D eigenvalue weighted by molar-refractivity contribution is 5.88. The van der Waals surface area contributed by atoms with Crippen molar-refractivity contribution in [3.05, 3.63) is 24.0 Å². The smallest absolute Gasteiger partial charge is 0.431 e. The highest BCUT2D eigenvalue weighted by Crippen LogP contribution is 2.12. The standard InChI is InChI=1S/C8H9N3O4/c1-5-2-6(4-9-3-5)11(8(14)15)10-7(12)13/h2-4,10H,1H3,(H,12,13)(H,14,15). The number of aryl methyl sites for hydroxylation is 1. The van der Waals surface area contributed by atoms with Crippen LogP contribution in [-0.2, 0) is 0 Å². The summed E-state index contributed by atoms with van der Waals surface area (Å²) in [7, 11) is 0. The first-order valence-electron chi connectivity index (χ1n) is 3.95. The summed E-state index contributed by atoms with van der Waals surface area (Å²) in [5, 5.41) is 17.6. The molecule has 0 fully saturated rings. The molecular weight excluding hydrogens is 202 g/mol. The lowest BCUT2D eigenvalue weighted by Crippen LogP contribution is -2.45. The molecule has 3 N–H and O–H groups in total. The van der Waals surface area contributed by atoms with E-state index in [1.54, 1.807) is 12.3 Å². The Hall–Kier alpha value is -2.31. The number of aromatic nitrogens is 1. The molecular formula is C8H9N3O4. The van der Waals surface area contributed by atoms with E-state index in [-0.39, 0.29) is 5.69 Å². The Morgan fingerprint density at radius 1 is 1.40 bits per heavy atom. The molecule has 7 nitrogen and oxygen atoms in total. The van der Waals surface area contributed by atoms with Gasteiger partial charge in [-0.15, -0.1) is 0 Å². The molecule has 7 heteroatoms. The van der Waals surface area contributed by atoms with Crippen LogP contribution in [0.2, 0.25) is 0 Å². The molecule has 15 heavy (non-hydrogen) atoms. The Balaban J connectivity index is 2.98. The van der Waals surface area contributed by atoms with Gasteiger partial charge in [-0.05, 0) is 18.6 Å². The molecule has 0 aliphatic carbocycles. The lowest BCUT2D eigenvalue weighted by molar-refractivity contribution is 0.181. The fourth-order valence-electron chi connectivity index (χ4n) is 0.980. The minimum atomic E-state index is -1.46. The minimum Gasteiger partial charge on any atom is -0.464 e. The largest absolute Gasteiger partial charge is 0.464 e. The van der Waals surface area contributed by atoms with Gasteiger partial charge in [-0.3, -0.25) is 4.98 Å². The summed E-state index contributed by atoms with van der Waals surface area (Å²) in [5.41, 5.74) is 2.60. The molecule has 1 rings (SSSR count). The third-order valence-corrected chi connectivity index (χ3v) is 1.52. The number of rotatable bonds is 1. The molecule has 1 aromatic rings. The number of nitrogens with one attached hydrogen (secondary N) is 1. The van der Waals surface area contributed by atoms with Crippen molar-refractivity contribution in [2.75, 3.05) is 5.01 Å². The molecule has 0 atom stereocenters. The molecule has 0 aromatic carbocycles. The number of hydrogen-bond donors (Lipinski definition) is 3. The van der Waals surface area contributed by atoms with Crippen LogP contribution in [0.4, 0.5) is 15.3 Å². The third kappa shape index (κ3) is 2.83. The molecule has 0 spiro atoms. The second-order valence-electron chi connectivity index (χ2n) is 2.76. The van der Waals surface area contributed by atoms with Crippen molar-refractivity contribution in [2.45, 2.75) is 6.92 Å². The van der Waals surface area contributed by atoms with Crippen LogP contribution in [0.3, 0.4) is 0 Å². The van der Waals surface area contributed by atoms with E-state index < -0.39 is 12.2 Å². The molecule has 1 aromatic heterocycles. The number of nitrogens with zero attached hydrogens (tertiary/aromatic N) is 2. The van der Waals surface area contributed by atoms with E-state index in [0.717, 1.165) is 5.56 Å². The van der Waals surface area contributed by atoms with E-state index in [1.807, 2.05) is 0 Å². The highest BCUT2D eigenvalue weighted by atomic mass is 16.4. The average Bonchev–Trinajstić information content (AvgIpc) is 2.13. The molecule has 0 aliphatic rings. The Kier molecular flexibility index (Phi) is 3.06. The normalized spacial score (nSPS) is 9.40. The van der Waals surface area contributed by atoms with Gasteiger partial charge in [-0.1, -0.05) is 0 Å². The van der Waals surface area contributed by atoms with Crippen LogP contribution in [0.25, 0.3) is 0 Å². The van der Waals surface area contributed by atoms with Crippen molar-refractivity contribution in [1.82, 2.24) is 10.4 Å². The second-order valence-corrected chi connectivity index (χ2v) is 2.76. The summed E-state index contributed by atoms with van der Waals surface area (Å²) >= 11 is 0. The maximum absolute atomic E-state index is 10.7. The van der Waals surface area contributed by atoms with Gasteiger partial charge >= 0.3 is 12.2 Å². The van der Waals surface area contributed by atoms with E-state index in [4.69, 9.17) is 10.2 Å². The van der Waals surface area contributed by atoms with Crippen LogP contribution >= 0.6 is 0 Å². The zero-order valence-corrected chi connectivity index (χ0v) is 7.84. The minimum absolute atomic E-state index is 0.143. The van der Waals surface area contributed by atoms with Crippen molar-refractivity contribution < 1.29 is 19.8 Å². The fourth-order valence-corrected chi connectivity index (χ4v) is 0.980. The van der Waals surface area contributed by atoms with Gasteiger partial charge in [0, 0.05) is 6.20 Å². The van der Waals surface area contributed by atoms with Gasteiger partial charge in [0.05, 0.1) is 11.9 Å². The van der Waals surface area contributed by atoms with Gasteiger partial charge in [-0.2, -0.15) is 5.01 Å². The quantitative estimate of drug-likeness (QED) is 0.602. The lowest BCUT2D eigenvalue weighted by atomic mass is 10.3. The monoisotopic (exact) mass is 211 g/mol. The predicted molar refractivity (Wildman–Crippen MR) is 50.6 cm³/mol. The molecule has 0 unspecified atom stereocenters. The average molecular weight is 211 g/mol. The Morgan fingerprint density at radius 3 is 2.53 bits per heavy atom. The van der Waals surface area contributed by atoms with Gasteiger partial charge in [-0.25, -0.2) is 15.0 Å². The summed E-state index contributed by atoms with van der Waals surface area (Å²) in [6.45, 7) is 1.72. The Bertz CT molecular complexity index is 393. The van der Waals surface area contributed by atoms with Crippen molar-refractivity contribution in [3.8, 4) is 0 Å². The van der Waals surface area contributed by atoms with Crippen molar-refractivity contribution in [3.63, 3.8) is 0 Å². The van der Waals surface area contributed by atoms with Crippen LogP contribution in [0.1, 0.15) is 5.56 Å². The molecule has 2 amide bonds. The molecule has 0 saturated heterocycles. The van der Waals surface area contributed by atoms with Gasteiger partial charge in [0.15, 0.2) is 0 Å². The second kappa shape index (κ2) is 4.27. The predicted octanol–water partition coefficient (Wildman–Crippen LogP) is 1.06. The van der Waals surface area contributed by atoms with E-state index >= 15 is 0 Å². The molecule has 0 aliphatic heterocycles. The third-order valence-electron chi connectivity index (χ3n) is 1.52. The summed E-state index contributed by atoms with van der Waals surface area (Å²) in [5.74, 6) is 0. The first-order valence-corrected chi connectivity index (χ1v) is 3.95. The van der Waals surface area contributed by atoms with E-state index in [9.17, 15) is 9.59 Å². The number of amides is 2. The summed E-state index contributed by atoms with van der Waals surface area (Å²) in [6.07, 6.45) is -0.106. The highest BCUT2D eigenvalue weighted by Gasteiger charge is 2.16.